The fourth-order valence-electron chi connectivity index (χ4n) is 2.02. The van der Waals surface area contributed by atoms with Crippen molar-refractivity contribution in [3.63, 3.8) is 0 Å². The van der Waals surface area contributed by atoms with Gasteiger partial charge in [-0.2, -0.15) is 4.98 Å². The second kappa shape index (κ2) is 9.79. The summed E-state index contributed by atoms with van der Waals surface area (Å²) in [5.74, 6) is -0.543. The maximum absolute atomic E-state index is 12.7. The van der Waals surface area contributed by atoms with Gasteiger partial charge in [0.2, 0.25) is 11.8 Å². The highest BCUT2D eigenvalue weighted by molar-refractivity contribution is 7.53. The maximum atomic E-state index is 12.7. The molecule has 0 fully saturated rings. The third-order valence-corrected chi connectivity index (χ3v) is 4.86. The van der Waals surface area contributed by atoms with Crippen molar-refractivity contribution in [2.75, 3.05) is 23.9 Å². The SMILES string of the molecule is CC(C)OP(=O)(CO[C@H](C)CNc1nc(N)[nH]c(=O)c1[N+](=O)[O-])OC(C)C. The zero-order valence-electron chi connectivity index (χ0n) is 15.9. The second-order valence-corrected chi connectivity index (χ2v) is 8.21. The van der Waals surface area contributed by atoms with Crippen molar-refractivity contribution in [3.05, 3.63) is 20.5 Å². The minimum Gasteiger partial charge on any atom is -0.369 e. The summed E-state index contributed by atoms with van der Waals surface area (Å²) in [6.07, 6.45) is -1.49. The maximum Gasteiger partial charge on any atom is 0.375 e. The van der Waals surface area contributed by atoms with E-state index < -0.39 is 29.9 Å². The van der Waals surface area contributed by atoms with Crippen molar-refractivity contribution in [2.45, 2.75) is 52.9 Å². The molecule has 12 nitrogen and oxygen atoms in total. The van der Waals surface area contributed by atoms with Crippen molar-refractivity contribution in [1.29, 1.82) is 0 Å². The van der Waals surface area contributed by atoms with Gasteiger partial charge in [-0.05, 0) is 34.6 Å². The Morgan fingerprint density at radius 2 is 1.81 bits per heavy atom. The van der Waals surface area contributed by atoms with Gasteiger partial charge in [0.1, 0.15) is 6.35 Å². The number of nitrogens with two attached hydrogens (primary N) is 1. The Morgan fingerprint density at radius 1 is 1.26 bits per heavy atom. The second-order valence-electron chi connectivity index (χ2n) is 6.31. The van der Waals surface area contributed by atoms with Crippen molar-refractivity contribution in [3.8, 4) is 0 Å². The summed E-state index contributed by atoms with van der Waals surface area (Å²) >= 11 is 0. The smallest absolute Gasteiger partial charge is 0.369 e. The van der Waals surface area contributed by atoms with E-state index in [4.69, 9.17) is 19.5 Å². The van der Waals surface area contributed by atoms with Gasteiger partial charge in [0.15, 0.2) is 0 Å². The van der Waals surface area contributed by atoms with Gasteiger partial charge in [0.05, 0.1) is 23.2 Å². The average Bonchev–Trinajstić information content (AvgIpc) is 2.48. The van der Waals surface area contributed by atoms with Crippen LogP contribution >= 0.6 is 7.60 Å². The van der Waals surface area contributed by atoms with Gasteiger partial charge in [0, 0.05) is 6.54 Å². The molecule has 0 unspecified atom stereocenters. The van der Waals surface area contributed by atoms with Crippen LogP contribution in [0.5, 0.6) is 0 Å². The number of anilines is 2. The number of aromatic amines is 1. The topological polar surface area (TPSA) is 172 Å². The molecule has 0 amide bonds. The lowest BCUT2D eigenvalue weighted by atomic mass is 10.4. The van der Waals surface area contributed by atoms with E-state index in [2.05, 4.69) is 15.3 Å². The van der Waals surface area contributed by atoms with Crippen molar-refractivity contribution in [2.24, 2.45) is 0 Å². The average molecular weight is 407 g/mol. The molecule has 0 saturated carbocycles. The lowest BCUT2D eigenvalue weighted by molar-refractivity contribution is -0.385. The van der Waals surface area contributed by atoms with Gasteiger partial charge in [0.25, 0.3) is 0 Å². The molecule has 0 aromatic carbocycles. The highest BCUT2D eigenvalue weighted by Gasteiger charge is 2.29. The molecular formula is C14H26N5O7P. The number of rotatable bonds is 11. The molecule has 0 saturated heterocycles. The van der Waals surface area contributed by atoms with E-state index in [1.165, 1.54) is 0 Å². The standard InChI is InChI=1S/C14H26N5O7P/c1-8(2)25-27(23,26-9(3)4)7-24-10(5)6-16-12-11(19(21)22)13(20)18-14(15)17-12/h8-10H,6-7H2,1-5H3,(H4,15,16,17,18,20)/t10-/m1/s1. The number of nitrogens with one attached hydrogen (secondary N) is 2. The number of nitrogen functional groups attached to an aromatic ring is 1. The Kier molecular flexibility index (Phi) is 8.35. The summed E-state index contributed by atoms with van der Waals surface area (Å²) in [4.78, 5) is 27.6. The predicted octanol–water partition coefficient (Wildman–Crippen LogP) is 2.08. The van der Waals surface area contributed by atoms with Gasteiger partial charge in [-0.15, -0.1) is 0 Å². The zero-order valence-corrected chi connectivity index (χ0v) is 16.8. The number of aromatic nitrogens is 2. The number of hydrogen-bond donors (Lipinski definition) is 3. The third-order valence-electron chi connectivity index (χ3n) is 2.91. The van der Waals surface area contributed by atoms with Gasteiger partial charge >= 0.3 is 18.8 Å². The van der Waals surface area contributed by atoms with Crippen LogP contribution in [-0.2, 0) is 18.3 Å². The largest absolute Gasteiger partial charge is 0.375 e. The monoisotopic (exact) mass is 407 g/mol. The van der Waals surface area contributed by atoms with E-state index in [1.807, 2.05) is 0 Å². The quantitative estimate of drug-likeness (QED) is 0.280. The molecule has 0 aliphatic rings. The molecule has 0 spiro atoms. The van der Waals surface area contributed by atoms with Crippen LogP contribution in [-0.4, -0.2) is 46.1 Å². The summed E-state index contributed by atoms with van der Waals surface area (Å²) in [5, 5.41) is 13.7. The van der Waals surface area contributed by atoms with E-state index in [1.54, 1.807) is 34.6 Å². The predicted molar refractivity (Wildman–Crippen MR) is 99.9 cm³/mol. The molecule has 0 aliphatic heterocycles. The summed E-state index contributed by atoms with van der Waals surface area (Å²) in [6.45, 7) is 8.59. The summed E-state index contributed by atoms with van der Waals surface area (Å²) < 4.78 is 28.9. The first-order chi connectivity index (χ1) is 12.4. The minimum absolute atomic E-state index is 0.0418. The van der Waals surface area contributed by atoms with Crippen LogP contribution in [0.1, 0.15) is 34.6 Å². The van der Waals surface area contributed by atoms with Gasteiger partial charge in [-0.1, -0.05) is 0 Å². The highest BCUT2D eigenvalue weighted by atomic mass is 31.2. The van der Waals surface area contributed by atoms with E-state index in [-0.39, 0.29) is 36.9 Å². The Balaban J connectivity index is 2.75. The van der Waals surface area contributed by atoms with Crippen LogP contribution in [0, 0.1) is 10.1 Å². The van der Waals surface area contributed by atoms with Crippen LogP contribution in [0.4, 0.5) is 17.5 Å². The number of hydrogen-bond acceptors (Lipinski definition) is 10. The Hall–Kier alpha value is -2.01. The van der Waals surface area contributed by atoms with Gasteiger partial charge in [-0.25, -0.2) is 0 Å². The molecule has 1 atom stereocenters. The van der Waals surface area contributed by atoms with E-state index in [9.17, 15) is 19.5 Å². The molecule has 0 radical (unpaired) electrons. The molecule has 4 N–H and O–H groups in total. The fourth-order valence-corrected chi connectivity index (χ4v) is 3.92. The lowest BCUT2D eigenvalue weighted by Crippen LogP contribution is -2.25. The molecule has 154 valence electrons. The molecule has 1 aromatic rings. The summed E-state index contributed by atoms with van der Waals surface area (Å²) in [7, 11) is -3.47. The lowest BCUT2D eigenvalue weighted by Gasteiger charge is -2.24. The van der Waals surface area contributed by atoms with Gasteiger partial charge < -0.3 is 24.8 Å². The van der Waals surface area contributed by atoms with Crippen LogP contribution in [0.2, 0.25) is 0 Å². The molecular weight excluding hydrogens is 381 g/mol. The summed E-state index contributed by atoms with van der Waals surface area (Å²) in [5.41, 5.74) is 3.69. The first-order valence-corrected chi connectivity index (χ1v) is 10.0. The fraction of sp³-hybridized carbons (Fsp3) is 0.714. The van der Waals surface area contributed by atoms with Crippen molar-refractivity contribution < 1.29 is 23.3 Å². The van der Waals surface area contributed by atoms with Crippen molar-refractivity contribution >= 4 is 25.0 Å². The minimum atomic E-state index is -3.47. The normalized spacial score (nSPS) is 13.1. The van der Waals surface area contributed by atoms with Crippen molar-refractivity contribution in [1.82, 2.24) is 9.97 Å². The zero-order chi connectivity index (χ0) is 20.8. The number of H-pyrrole nitrogens is 1. The van der Waals surface area contributed by atoms with Gasteiger partial charge in [-0.3, -0.25) is 24.5 Å². The molecule has 1 heterocycles. The molecule has 0 aliphatic carbocycles. The Labute approximate surface area is 156 Å². The van der Waals surface area contributed by atoms with E-state index in [0.717, 1.165) is 0 Å². The van der Waals surface area contributed by atoms with Crippen LogP contribution in [0.15, 0.2) is 4.79 Å². The van der Waals surface area contributed by atoms with E-state index >= 15 is 0 Å². The number of nitrogens with zero attached hydrogens (tertiary/aromatic N) is 2. The molecule has 1 rings (SSSR count). The first-order valence-electron chi connectivity index (χ1n) is 8.29. The Bertz CT molecular complexity index is 738. The van der Waals surface area contributed by atoms with Crippen LogP contribution < -0.4 is 16.6 Å². The number of nitro groups is 1. The molecule has 0 bridgehead atoms. The molecule has 13 heteroatoms. The van der Waals surface area contributed by atoms with Crippen LogP contribution in [0.3, 0.4) is 0 Å². The third kappa shape index (κ3) is 7.63. The first kappa shape index (κ1) is 23.0. The van der Waals surface area contributed by atoms with Crippen LogP contribution in [0.25, 0.3) is 0 Å². The molecule has 27 heavy (non-hydrogen) atoms. The van der Waals surface area contributed by atoms with E-state index in [0.29, 0.717) is 0 Å². The number of ether oxygens (including phenoxy) is 1. The summed E-state index contributed by atoms with van der Waals surface area (Å²) in [6, 6.07) is 0. The molecule has 1 aromatic heterocycles. The Morgan fingerprint density at radius 3 is 2.30 bits per heavy atom. The highest BCUT2D eigenvalue weighted by Crippen LogP contribution is 2.50.